The largest absolute Gasteiger partial charge is 0.385 e. The standard InChI is InChI=1S/C9H9Br2IO3S/c1-16(14,15)9(11,12)8(13)6-2-4-7(10)5-3-6/h2-5,8,13H,1H3/t8-,9+/m1/s1. The maximum atomic E-state index is 11.5. The van der Waals surface area contributed by atoms with E-state index < -0.39 is 17.6 Å². The molecule has 16 heavy (non-hydrogen) atoms. The minimum absolute atomic E-state index is 0.542. The van der Waals surface area contributed by atoms with Crippen LogP contribution in [0.1, 0.15) is 11.7 Å². The second-order valence-corrected chi connectivity index (χ2v) is 12.1. The molecule has 1 N–H and O–H groups in total. The van der Waals surface area contributed by atoms with Crippen LogP contribution < -0.4 is 0 Å². The quantitative estimate of drug-likeness (QED) is 0.531. The number of halogens is 3. The van der Waals surface area contributed by atoms with E-state index in [1.807, 2.05) is 0 Å². The van der Waals surface area contributed by atoms with E-state index in [-0.39, 0.29) is 0 Å². The summed E-state index contributed by atoms with van der Waals surface area (Å²) in [6.07, 6.45) is -0.0489. The zero-order valence-corrected chi connectivity index (χ0v) is 14.3. The van der Waals surface area contributed by atoms with Crippen LogP contribution in [0.3, 0.4) is 0 Å². The van der Waals surface area contributed by atoms with Gasteiger partial charge in [-0.25, -0.2) is 8.42 Å². The van der Waals surface area contributed by atoms with Gasteiger partial charge in [0, 0.05) is 10.7 Å². The molecule has 0 spiro atoms. The number of aliphatic hydroxyl groups is 1. The van der Waals surface area contributed by atoms with Crippen molar-refractivity contribution < 1.29 is 13.5 Å². The molecule has 1 aromatic rings. The molecule has 2 atom stereocenters. The number of benzene rings is 1. The van der Waals surface area contributed by atoms with Crippen LogP contribution in [0.5, 0.6) is 0 Å². The van der Waals surface area contributed by atoms with Crippen molar-refractivity contribution in [1.29, 1.82) is 0 Å². The van der Waals surface area contributed by atoms with Crippen LogP contribution >= 0.6 is 54.5 Å². The van der Waals surface area contributed by atoms with E-state index >= 15 is 0 Å². The van der Waals surface area contributed by atoms with Crippen molar-refractivity contribution in [2.75, 3.05) is 6.26 Å². The fourth-order valence-electron chi connectivity index (χ4n) is 1.04. The summed E-state index contributed by atoms with van der Waals surface area (Å²) < 4.78 is 22.5. The molecule has 0 heterocycles. The van der Waals surface area contributed by atoms with E-state index in [4.69, 9.17) is 0 Å². The average molecular weight is 484 g/mol. The van der Waals surface area contributed by atoms with Crippen LogP contribution in [0, 0.1) is 0 Å². The average Bonchev–Trinajstić information content (AvgIpc) is 2.16. The van der Waals surface area contributed by atoms with Crippen LogP contribution in [-0.4, -0.2) is 21.4 Å². The van der Waals surface area contributed by atoms with Crippen molar-refractivity contribution in [3.63, 3.8) is 0 Å². The molecule has 0 saturated carbocycles. The van der Waals surface area contributed by atoms with Crippen LogP contribution in [0.15, 0.2) is 28.7 Å². The summed E-state index contributed by atoms with van der Waals surface area (Å²) >= 11 is 8.02. The molecule has 0 saturated heterocycles. The van der Waals surface area contributed by atoms with Gasteiger partial charge in [-0.15, -0.1) is 0 Å². The monoisotopic (exact) mass is 482 g/mol. The summed E-state index contributed by atoms with van der Waals surface area (Å²) in [5.74, 6) is 0. The zero-order chi connectivity index (χ0) is 12.6. The molecular formula is C9H9Br2IO3S. The number of aliphatic hydroxyl groups excluding tert-OH is 1. The Bertz CT molecular complexity index is 470. The van der Waals surface area contributed by atoms with Gasteiger partial charge in [-0.1, -0.05) is 44.0 Å². The number of hydrogen-bond acceptors (Lipinski definition) is 3. The minimum Gasteiger partial charge on any atom is -0.385 e. The highest BCUT2D eigenvalue weighted by Crippen LogP contribution is 2.44. The summed E-state index contributed by atoms with van der Waals surface area (Å²) in [6, 6.07) is 6.85. The fraction of sp³-hybridized carbons (Fsp3) is 0.333. The van der Waals surface area contributed by atoms with Gasteiger partial charge in [-0.3, -0.25) is 0 Å². The predicted octanol–water partition coefficient (Wildman–Crippen LogP) is 3.01. The Hall–Kier alpha value is 0.820. The molecule has 90 valence electrons. The van der Waals surface area contributed by atoms with Gasteiger partial charge >= 0.3 is 0 Å². The van der Waals surface area contributed by atoms with E-state index in [1.165, 1.54) is 0 Å². The van der Waals surface area contributed by atoms with Gasteiger partial charge in [0.15, 0.2) is 9.84 Å². The Morgan fingerprint density at radius 1 is 1.38 bits per heavy atom. The van der Waals surface area contributed by atoms with Crippen LogP contribution in [-0.2, 0) is 9.84 Å². The molecule has 0 aliphatic carbocycles. The van der Waals surface area contributed by atoms with Gasteiger partial charge in [0.05, 0.1) is 0 Å². The summed E-state index contributed by atoms with van der Waals surface area (Å²) in [7, 11) is -3.42. The molecule has 0 aliphatic rings. The normalized spacial score (nSPS) is 17.8. The molecule has 1 rings (SSSR count). The first-order valence-electron chi connectivity index (χ1n) is 4.17. The number of alkyl halides is 2. The molecule has 0 aromatic heterocycles. The fourth-order valence-corrected chi connectivity index (χ4v) is 2.47. The highest BCUT2D eigenvalue weighted by Gasteiger charge is 2.43. The Labute approximate surface area is 125 Å². The van der Waals surface area contributed by atoms with E-state index in [1.54, 1.807) is 46.9 Å². The topological polar surface area (TPSA) is 54.4 Å². The molecule has 7 heteroatoms. The third kappa shape index (κ3) is 3.18. The number of sulfone groups is 1. The van der Waals surface area contributed by atoms with Crippen molar-refractivity contribution >= 4 is 64.3 Å². The molecule has 0 bridgehead atoms. The Kier molecular flexibility index (Phi) is 4.85. The molecule has 0 unspecified atom stereocenters. The summed E-state index contributed by atoms with van der Waals surface area (Å²) in [4.78, 5) is 0. The van der Waals surface area contributed by atoms with Gasteiger partial charge < -0.3 is 5.11 Å². The predicted molar refractivity (Wildman–Crippen MR) is 79.6 cm³/mol. The first-order valence-corrected chi connectivity index (χ1v) is 8.73. The van der Waals surface area contributed by atoms with Gasteiger partial charge in [-0.2, -0.15) is 0 Å². The molecule has 0 radical (unpaired) electrons. The summed E-state index contributed by atoms with van der Waals surface area (Å²) in [5, 5.41) is 10.0. The van der Waals surface area contributed by atoms with Crippen molar-refractivity contribution in [2.24, 2.45) is 0 Å². The molecule has 3 nitrogen and oxygen atoms in total. The number of rotatable bonds is 3. The van der Waals surface area contributed by atoms with Crippen LogP contribution in [0.2, 0.25) is 0 Å². The molecule has 1 aromatic carbocycles. The molecule has 0 amide bonds. The lowest BCUT2D eigenvalue weighted by atomic mass is 10.1. The second kappa shape index (κ2) is 5.21. The Balaban J connectivity index is 3.12. The van der Waals surface area contributed by atoms with Gasteiger partial charge in [0.25, 0.3) is 0 Å². The molecular weight excluding hydrogens is 475 g/mol. The SMILES string of the molecule is CS(=O)(=O)[C@@](Br)(I)[C@H](O)c1ccc(Br)cc1. The van der Waals surface area contributed by atoms with Crippen LogP contribution in [0.4, 0.5) is 0 Å². The summed E-state index contributed by atoms with van der Waals surface area (Å²) in [6.45, 7) is 0. The zero-order valence-electron chi connectivity index (χ0n) is 8.19. The number of hydrogen-bond donors (Lipinski definition) is 1. The Morgan fingerprint density at radius 2 is 1.81 bits per heavy atom. The maximum absolute atomic E-state index is 11.5. The lowest BCUT2D eigenvalue weighted by molar-refractivity contribution is 0.191. The lowest BCUT2D eigenvalue weighted by Crippen LogP contribution is -2.31. The first-order chi connectivity index (χ1) is 7.16. The molecule has 0 aliphatic heterocycles. The third-order valence-corrected chi connectivity index (χ3v) is 8.93. The van der Waals surface area contributed by atoms with Gasteiger partial charge in [0.1, 0.15) is 6.10 Å². The van der Waals surface area contributed by atoms with Crippen molar-refractivity contribution in [3.05, 3.63) is 34.3 Å². The first kappa shape index (κ1) is 14.9. The van der Waals surface area contributed by atoms with E-state index in [0.29, 0.717) is 5.56 Å². The minimum atomic E-state index is -3.42. The van der Waals surface area contributed by atoms with E-state index in [0.717, 1.165) is 10.7 Å². The maximum Gasteiger partial charge on any atom is 0.206 e. The Morgan fingerprint density at radius 3 is 2.19 bits per heavy atom. The summed E-state index contributed by atoms with van der Waals surface area (Å²) in [5.41, 5.74) is 0.542. The lowest BCUT2D eigenvalue weighted by Gasteiger charge is -2.25. The van der Waals surface area contributed by atoms with Crippen molar-refractivity contribution in [1.82, 2.24) is 0 Å². The van der Waals surface area contributed by atoms with E-state index in [9.17, 15) is 13.5 Å². The van der Waals surface area contributed by atoms with Crippen molar-refractivity contribution in [2.45, 2.75) is 7.77 Å². The highest BCUT2D eigenvalue weighted by atomic mass is 127. The second-order valence-electron chi connectivity index (χ2n) is 3.29. The van der Waals surface area contributed by atoms with Crippen molar-refractivity contribution in [3.8, 4) is 0 Å². The third-order valence-electron chi connectivity index (χ3n) is 2.00. The van der Waals surface area contributed by atoms with Crippen LogP contribution in [0.25, 0.3) is 0 Å². The van der Waals surface area contributed by atoms with Gasteiger partial charge in [-0.05, 0) is 40.3 Å². The van der Waals surface area contributed by atoms with E-state index in [2.05, 4.69) is 31.9 Å². The van der Waals surface area contributed by atoms with Gasteiger partial charge in [0.2, 0.25) is 1.66 Å². The highest BCUT2D eigenvalue weighted by molar-refractivity contribution is 14.1. The molecule has 0 fully saturated rings. The smallest absolute Gasteiger partial charge is 0.206 e.